The summed E-state index contributed by atoms with van der Waals surface area (Å²) in [4.78, 5) is 20.1. The highest BCUT2D eigenvalue weighted by Gasteiger charge is 2.13. The molecule has 2 heterocycles. The summed E-state index contributed by atoms with van der Waals surface area (Å²) in [6.07, 6.45) is 0. The van der Waals surface area contributed by atoms with Gasteiger partial charge in [0.25, 0.3) is 5.56 Å². The lowest BCUT2D eigenvalue weighted by Gasteiger charge is -2.10. The minimum absolute atomic E-state index is 0.202. The lowest BCUT2D eigenvalue weighted by Crippen LogP contribution is -2.16. The Morgan fingerprint density at radius 2 is 1.81 bits per heavy atom. The third-order valence-electron chi connectivity index (χ3n) is 3.08. The predicted molar refractivity (Wildman–Crippen MR) is 76.6 cm³/mol. The molecule has 0 aliphatic heterocycles. The van der Waals surface area contributed by atoms with Crippen molar-refractivity contribution in [3.63, 3.8) is 0 Å². The van der Waals surface area contributed by atoms with E-state index in [0.29, 0.717) is 21.7 Å². The first-order valence-electron chi connectivity index (χ1n) is 6.23. The second-order valence-electron chi connectivity index (χ2n) is 4.71. The van der Waals surface area contributed by atoms with Gasteiger partial charge in [-0.1, -0.05) is 0 Å². The molecule has 4 nitrogen and oxygen atoms in total. The Kier molecular flexibility index (Phi) is 3.29. The summed E-state index contributed by atoms with van der Waals surface area (Å²) in [5.74, 6) is -0.813. The van der Waals surface area contributed by atoms with E-state index in [4.69, 9.17) is 0 Å². The van der Waals surface area contributed by atoms with E-state index in [1.54, 1.807) is 18.4 Å². The van der Waals surface area contributed by atoms with Gasteiger partial charge < -0.3 is 4.57 Å². The van der Waals surface area contributed by atoms with Crippen molar-refractivity contribution >= 4 is 21.7 Å². The molecule has 0 amide bonds. The van der Waals surface area contributed by atoms with Crippen LogP contribution < -0.4 is 5.56 Å². The Balaban J connectivity index is 2.18. The van der Waals surface area contributed by atoms with Gasteiger partial charge in [0.2, 0.25) is 0 Å². The van der Waals surface area contributed by atoms with E-state index in [-0.39, 0.29) is 12.1 Å². The maximum absolute atomic E-state index is 13.3. The Hall–Kier alpha value is -2.15. The average Bonchev–Trinajstić information content (AvgIpc) is 2.75. The first kappa shape index (κ1) is 13.8. The molecule has 21 heavy (non-hydrogen) atoms. The molecule has 0 bridgehead atoms. The topological polar surface area (TPSA) is 47.8 Å². The first-order valence-corrected chi connectivity index (χ1v) is 7.05. The van der Waals surface area contributed by atoms with Gasteiger partial charge >= 0.3 is 0 Å². The molecule has 0 aliphatic carbocycles. The fourth-order valence-corrected chi connectivity index (χ4v) is 3.03. The number of hydrogen-bond donors (Lipinski definition) is 0. The minimum Gasteiger partial charge on any atom is -0.309 e. The molecule has 0 fully saturated rings. The quantitative estimate of drug-likeness (QED) is 0.731. The highest BCUT2D eigenvalue weighted by atomic mass is 32.1. The summed E-state index contributed by atoms with van der Waals surface area (Å²) < 4.78 is 28.7. The van der Waals surface area contributed by atoms with Crippen LogP contribution in [0.4, 0.5) is 8.78 Å². The van der Waals surface area contributed by atoms with E-state index in [1.165, 1.54) is 23.5 Å². The van der Waals surface area contributed by atoms with E-state index in [1.807, 2.05) is 0 Å². The van der Waals surface area contributed by atoms with Crippen molar-refractivity contribution < 1.29 is 8.78 Å². The fraction of sp³-hybridized carbons (Fsp3) is 0.214. The van der Waals surface area contributed by atoms with Crippen LogP contribution in [0.3, 0.4) is 0 Å². The molecular weight excluding hydrogens is 296 g/mol. The van der Waals surface area contributed by atoms with Gasteiger partial charge in [0, 0.05) is 6.07 Å². The lowest BCUT2D eigenvalue weighted by atomic mass is 10.2. The molecule has 0 N–H and O–H groups in total. The average molecular weight is 307 g/mol. The van der Waals surface area contributed by atoms with Crippen LogP contribution in [0.2, 0.25) is 0 Å². The highest BCUT2D eigenvalue weighted by Crippen LogP contribution is 2.20. The zero-order valence-electron chi connectivity index (χ0n) is 11.4. The lowest BCUT2D eigenvalue weighted by molar-refractivity contribution is 0.577. The molecule has 0 atom stereocenters. The number of benzene rings is 1. The summed E-state index contributed by atoms with van der Waals surface area (Å²) in [6, 6.07) is 3.33. The first-order chi connectivity index (χ1) is 9.94. The van der Waals surface area contributed by atoms with Crippen LogP contribution in [-0.4, -0.2) is 14.5 Å². The van der Waals surface area contributed by atoms with Gasteiger partial charge in [0.15, 0.2) is 5.65 Å². The number of fused-ring (bicyclic) bond motifs is 1. The maximum atomic E-state index is 13.3. The van der Waals surface area contributed by atoms with Crippen LogP contribution in [0.25, 0.3) is 10.3 Å². The molecule has 7 heteroatoms. The van der Waals surface area contributed by atoms with Crippen molar-refractivity contribution in [3.8, 4) is 0 Å². The summed E-state index contributed by atoms with van der Waals surface area (Å²) >= 11 is 1.26. The molecule has 0 unspecified atom stereocenters. The number of nitrogens with zero attached hydrogens (tertiary/aromatic N) is 3. The van der Waals surface area contributed by atoms with E-state index >= 15 is 0 Å². The molecule has 0 saturated carbocycles. The van der Waals surface area contributed by atoms with E-state index in [0.717, 1.165) is 11.1 Å². The highest BCUT2D eigenvalue weighted by molar-refractivity contribution is 7.18. The van der Waals surface area contributed by atoms with Crippen molar-refractivity contribution in [1.29, 1.82) is 0 Å². The van der Waals surface area contributed by atoms with Crippen molar-refractivity contribution in [3.05, 3.63) is 56.6 Å². The summed E-state index contributed by atoms with van der Waals surface area (Å²) in [6.45, 7) is 3.67. The molecule has 0 radical (unpaired) electrons. The van der Waals surface area contributed by atoms with Crippen molar-refractivity contribution in [2.75, 3.05) is 0 Å². The molecule has 3 aromatic rings. The maximum Gasteiger partial charge on any atom is 0.292 e. The molecule has 3 rings (SSSR count). The Morgan fingerprint density at radius 1 is 1.14 bits per heavy atom. The van der Waals surface area contributed by atoms with Crippen molar-refractivity contribution in [1.82, 2.24) is 14.5 Å². The van der Waals surface area contributed by atoms with Crippen LogP contribution in [0.1, 0.15) is 16.4 Å². The standard InChI is InChI=1S/C14H11F2N3OS/c1-7-17-14(20)12-13(18-8(2)21-12)19(7)6-9-3-10(15)5-11(16)4-9/h3-5H,6H2,1-2H3. The summed E-state index contributed by atoms with van der Waals surface area (Å²) in [7, 11) is 0. The van der Waals surface area contributed by atoms with Crippen molar-refractivity contribution in [2.45, 2.75) is 20.4 Å². The summed E-state index contributed by atoms with van der Waals surface area (Å²) in [5, 5.41) is 0.744. The second-order valence-corrected chi connectivity index (χ2v) is 5.92. The predicted octanol–water partition coefficient (Wildman–Crippen LogP) is 2.80. The number of thiazole rings is 1. The second kappa shape index (κ2) is 5.00. The van der Waals surface area contributed by atoms with Crippen LogP contribution >= 0.6 is 11.3 Å². The number of halogens is 2. The normalized spacial score (nSPS) is 11.2. The molecule has 0 saturated heterocycles. The molecule has 0 spiro atoms. The zero-order chi connectivity index (χ0) is 15.1. The molecule has 2 aromatic heterocycles. The fourth-order valence-electron chi connectivity index (χ4n) is 2.22. The van der Waals surface area contributed by atoms with E-state index < -0.39 is 11.6 Å². The SMILES string of the molecule is Cc1nc2c(s1)c(=O)nc(C)n2Cc1cc(F)cc(F)c1. The van der Waals surface area contributed by atoms with Gasteiger partial charge in [0.05, 0.1) is 11.6 Å². The largest absolute Gasteiger partial charge is 0.309 e. The van der Waals surface area contributed by atoms with Gasteiger partial charge in [-0.3, -0.25) is 4.79 Å². The van der Waals surface area contributed by atoms with Crippen LogP contribution in [0, 0.1) is 25.5 Å². The van der Waals surface area contributed by atoms with Crippen LogP contribution in [0.5, 0.6) is 0 Å². The third kappa shape index (κ3) is 2.56. The Labute approximate surface area is 122 Å². The molecule has 0 aliphatic rings. The van der Waals surface area contributed by atoms with Crippen LogP contribution in [-0.2, 0) is 6.54 Å². The summed E-state index contributed by atoms with van der Waals surface area (Å²) in [5.41, 5.74) is 0.627. The number of hydrogen-bond acceptors (Lipinski definition) is 4. The zero-order valence-corrected chi connectivity index (χ0v) is 12.2. The molecule has 1 aromatic carbocycles. The van der Waals surface area contributed by atoms with E-state index in [9.17, 15) is 13.6 Å². The number of aromatic nitrogens is 3. The number of rotatable bonds is 2. The van der Waals surface area contributed by atoms with Gasteiger partial charge in [-0.15, -0.1) is 11.3 Å². The van der Waals surface area contributed by atoms with Crippen LogP contribution in [0.15, 0.2) is 23.0 Å². The number of aryl methyl sites for hydroxylation is 2. The Morgan fingerprint density at radius 3 is 2.48 bits per heavy atom. The van der Waals surface area contributed by atoms with Crippen molar-refractivity contribution in [2.24, 2.45) is 0 Å². The molecule has 108 valence electrons. The molecular formula is C14H11F2N3OS. The van der Waals surface area contributed by atoms with Gasteiger partial charge in [-0.2, -0.15) is 4.98 Å². The third-order valence-corrected chi connectivity index (χ3v) is 4.03. The van der Waals surface area contributed by atoms with E-state index in [2.05, 4.69) is 9.97 Å². The Bertz CT molecular complexity index is 881. The van der Waals surface area contributed by atoms with Gasteiger partial charge in [-0.25, -0.2) is 13.8 Å². The smallest absolute Gasteiger partial charge is 0.292 e. The minimum atomic E-state index is -0.637. The van der Waals surface area contributed by atoms with Gasteiger partial charge in [-0.05, 0) is 31.5 Å². The monoisotopic (exact) mass is 307 g/mol. The van der Waals surface area contributed by atoms with Gasteiger partial charge in [0.1, 0.15) is 22.2 Å².